The Bertz CT molecular complexity index is 678. The van der Waals surface area contributed by atoms with Gasteiger partial charge in [-0.2, -0.15) is 4.68 Å². The van der Waals surface area contributed by atoms with Gasteiger partial charge in [0.05, 0.1) is 5.69 Å². The van der Waals surface area contributed by atoms with Crippen molar-refractivity contribution in [3.8, 4) is 5.69 Å². The number of nitrogens with zero attached hydrogens (tertiary/aromatic N) is 5. The first-order chi connectivity index (χ1) is 10.4. The van der Waals surface area contributed by atoms with Crippen LogP contribution in [0.1, 0.15) is 12.5 Å². The second kappa shape index (κ2) is 6.17. The summed E-state index contributed by atoms with van der Waals surface area (Å²) in [6.45, 7) is 3.72. The molecule has 106 valence electrons. The number of hydrogen-bond acceptors (Lipinski definition) is 4. The van der Waals surface area contributed by atoms with Gasteiger partial charge in [0.2, 0.25) is 0 Å². The topological polar surface area (TPSA) is 46.8 Å². The highest BCUT2D eigenvalue weighted by molar-refractivity contribution is 5.41. The fourth-order valence-electron chi connectivity index (χ4n) is 2.24. The molecule has 0 atom stereocenters. The van der Waals surface area contributed by atoms with Crippen LogP contribution in [-0.4, -0.2) is 26.8 Å². The van der Waals surface area contributed by atoms with E-state index < -0.39 is 0 Å². The Balaban J connectivity index is 1.90. The monoisotopic (exact) mass is 279 g/mol. The van der Waals surface area contributed by atoms with Crippen LogP contribution in [-0.2, 0) is 6.54 Å². The summed E-state index contributed by atoms with van der Waals surface area (Å²) >= 11 is 0. The number of anilines is 1. The fraction of sp³-hybridized carbons (Fsp3) is 0.188. The summed E-state index contributed by atoms with van der Waals surface area (Å²) in [6, 6.07) is 20.3. The smallest absolute Gasteiger partial charge is 0.250 e. The number of para-hydroxylation sites is 1. The number of hydrogen-bond donors (Lipinski definition) is 0. The molecule has 0 aliphatic carbocycles. The molecule has 0 N–H and O–H groups in total. The summed E-state index contributed by atoms with van der Waals surface area (Å²) in [5.41, 5.74) is 2.20. The number of benzene rings is 2. The van der Waals surface area contributed by atoms with Crippen LogP contribution in [0.5, 0.6) is 0 Å². The van der Waals surface area contributed by atoms with E-state index in [1.165, 1.54) is 5.56 Å². The molecule has 0 aliphatic rings. The summed E-state index contributed by atoms with van der Waals surface area (Å²) in [6.07, 6.45) is 0. The molecule has 0 fully saturated rings. The van der Waals surface area contributed by atoms with Gasteiger partial charge < -0.3 is 4.90 Å². The van der Waals surface area contributed by atoms with Crippen LogP contribution >= 0.6 is 0 Å². The molecule has 5 nitrogen and oxygen atoms in total. The van der Waals surface area contributed by atoms with Crippen LogP contribution in [0.25, 0.3) is 5.69 Å². The van der Waals surface area contributed by atoms with Crippen LogP contribution in [0, 0.1) is 0 Å². The summed E-state index contributed by atoms with van der Waals surface area (Å²) in [4.78, 5) is 2.16. The van der Waals surface area contributed by atoms with Crippen LogP contribution < -0.4 is 4.90 Å². The van der Waals surface area contributed by atoms with Gasteiger partial charge >= 0.3 is 0 Å². The van der Waals surface area contributed by atoms with Gasteiger partial charge in [-0.05, 0) is 35.0 Å². The van der Waals surface area contributed by atoms with Gasteiger partial charge in [-0.3, -0.25) is 0 Å². The number of rotatable bonds is 5. The van der Waals surface area contributed by atoms with Crippen molar-refractivity contribution in [3.63, 3.8) is 0 Å². The lowest BCUT2D eigenvalue weighted by molar-refractivity contribution is 0.745. The quantitative estimate of drug-likeness (QED) is 0.720. The third kappa shape index (κ3) is 2.91. The molecule has 1 aromatic heterocycles. The first-order valence-electron chi connectivity index (χ1n) is 7.01. The summed E-state index contributed by atoms with van der Waals surface area (Å²) < 4.78 is 1.77. The SMILES string of the molecule is CCN(Cc1ccccc1)c1nnnn1-c1ccccc1. The maximum atomic E-state index is 4.19. The van der Waals surface area contributed by atoms with Crippen LogP contribution in [0.4, 0.5) is 5.95 Å². The molecule has 0 unspecified atom stereocenters. The van der Waals surface area contributed by atoms with E-state index in [0.29, 0.717) is 0 Å². The predicted octanol–water partition coefficient (Wildman–Crippen LogP) is 2.69. The maximum absolute atomic E-state index is 4.19. The third-order valence-electron chi connectivity index (χ3n) is 3.33. The van der Waals surface area contributed by atoms with Crippen molar-refractivity contribution in [2.24, 2.45) is 0 Å². The van der Waals surface area contributed by atoms with Crippen molar-refractivity contribution in [1.82, 2.24) is 20.2 Å². The van der Waals surface area contributed by atoms with E-state index in [0.717, 1.165) is 24.7 Å². The number of tetrazole rings is 1. The Kier molecular flexibility index (Phi) is 3.91. The molecule has 0 aliphatic heterocycles. The van der Waals surface area contributed by atoms with Gasteiger partial charge in [0.1, 0.15) is 0 Å². The highest BCUT2D eigenvalue weighted by Crippen LogP contribution is 2.17. The highest BCUT2D eigenvalue weighted by Gasteiger charge is 2.15. The first-order valence-corrected chi connectivity index (χ1v) is 7.01. The zero-order valence-electron chi connectivity index (χ0n) is 11.9. The number of aromatic nitrogens is 4. The van der Waals surface area contributed by atoms with E-state index in [9.17, 15) is 0 Å². The van der Waals surface area contributed by atoms with Crippen molar-refractivity contribution in [2.75, 3.05) is 11.4 Å². The minimum atomic E-state index is 0.757. The lowest BCUT2D eigenvalue weighted by atomic mass is 10.2. The first kappa shape index (κ1) is 13.3. The summed E-state index contributed by atoms with van der Waals surface area (Å²) in [5, 5.41) is 12.1. The van der Waals surface area contributed by atoms with Crippen molar-refractivity contribution < 1.29 is 0 Å². The van der Waals surface area contributed by atoms with Gasteiger partial charge in [-0.1, -0.05) is 53.6 Å². The van der Waals surface area contributed by atoms with Gasteiger partial charge in [-0.15, -0.1) is 0 Å². The molecule has 0 saturated carbocycles. The average Bonchev–Trinajstić information content (AvgIpc) is 3.04. The van der Waals surface area contributed by atoms with Crippen molar-refractivity contribution in [3.05, 3.63) is 66.2 Å². The Morgan fingerprint density at radius 3 is 2.29 bits per heavy atom. The maximum Gasteiger partial charge on any atom is 0.250 e. The summed E-state index contributed by atoms with van der Waals surface area (Å²) in [5.74, 6) is 0.757. The van der Waals surface area contributed by atoms with Gasteiger partial charge in [0, 0.05) is 13.1 Å². The van der Waals surface area contributed by atoms with Gasteiger partial charge in [0.25, 0.3) is 5.95 Å². The normalized spacial score (nSPS) is 10.5. The van der Waals surface area contributed by atoms with E-state index in [1.54, 1.807) is 4.68 Å². The largest absolute Gasteiger partial charge is 0.335 e. The molecule has 0 radical (unpaired) electrons. The molecule has 1 heterocycles. The zero-order chi connectivity index (χ0) is 14.5. The average molecular weight is 279 g/mol. The van der Waals surface area contributed by atoms with Crippen molar-refractivity contribution in [1.29, 1.82) is 0 Å². The molecule has 0 amide bonds. The molecule has 5 heteroatoms. The van der Waals surface area contributed by atoms with Crippen LogP contribution in [0.15, 0.2) is 60.7 Å². The van der Waals surface area contributed by atoms with Gasteiger partial charge in [-0.25, -0.2) is 0 Å². The molecule has 3 rings (SSSR count). The van der Waals surface area contributed by atoms with Gasteiger partial charge in [0.15, 0.2) is 0 Å². The highest BCUT2D eigenvalue weighted by atomic mass is 15.6. The molecule has 2 aromatic carbocycles. The van der Waals surface area contributed by atoms with E-state index >= 15 is 0 Å². The molecular formula is C16H17N5. The minimum Gasteiger partial charge on any atom is -0.335 e. The molecule has 0 saturated heterocycles. The summed E-state index contributed by atoms with van der Waals surface area (Å²) in [7, 11) is 0. The third-order valence-corrected chi connectivity index (χ3v) is 3.33. The Morgan fingerprint density at radius 1 is 0.952 bits per heavy atom. The molecule has 3 aromatic rings. The van der Waals surface area contributed by atoms with E-state index in [1.807, 2.05) is 48.5 Å². The van der Waals surface area contributed by atoms with E-state index in [-0.39, 0.29) is 0 Å². The lowest BCUT2D eigenvalue weighted by Gasteiger charge is -2.21. The molecule has 0 bridgehead atoms. The molecule has 0 spiro atoms. The van der Waals surface area contributed by atoms with Crippen LogP contribution in [0.3, 0.4) is 0 Å². The Hall–Kier alpha value is -2.69. The molecule has 21 heavy (non-hydrogen) atoms. The second-order valence-corrected chi connectivity index (χ2v) is 4.73. The lowest BCUT2D eigenvalue weighted by Crippen LogP contribution is -2.25. The predicted molar refractivity (Wildman–Crippen MR) is 82.3 cm³/mol. The van der Waals surface area contributed by atoms with E-state index in [4.69, 9.17) is 0 Å². The van der Waals surface area contributed by atoms with E-state index in [2.05, 4.69) is 39.5 Å². The standard InChI is InChI=1S/C16H17N5/c1-2-20(13-14-9-5-3-6-10-14)16-17-18-19-21(16)15-11-7-4-8-12-15/h3-12H,2,13H2,1H3. The van der Waals surface area contributed by atoms with Crippen molar-refractivity contribution >= 4 is 5.95 Å². The molecular weight excluding hydrogens is 262 g/mol. The second-order valence-electron chi connectivity index (χ2n) is 4.73. The zero-order valence-corrected chi connectivity index (χ0v) is 11.9. The minimum absolute atomic E-state index is 0.757. The Morgan fingerprint density at radius 2 is 1.62 bits per heavy atom. The fourth-order valence-corrected chi connectivity index (χ4v) is 2.24. The Labute approximate surface area is 123 Å². The van der Waals surface area contributed by atoms with Crippen molar-refractivity contribution in [2.45, 2.75) is 13.5 Å². The van der Waals surface area contributed by atoms with Crippen LogP contribution in [0.2, 0.25) is 0 Å².